The van der Waals surface area contributed by atoms with Gasteiger partial charge >= 0.3 is 11.9 Å². The second kappa shape index (κ2) is 9.14. The zero-order valence-electron chi connectivity index (χ0n) is 13.4. The summed E-state index contributed by atoms with van der Waals surface area (Å²) in [7, 11) is 0. The number of benzene rings is 1. The van der Waals surface area contributed by atoms with Crippen molar-refractivity contribution >= 4 is 17.8 Å². The summed E-state index contributed by atoms with van der Waals surface area (Å²) in [5.74, 6) is -2.41. The number of nitrogens with one attached hydrogen (secondary N) is 2. The summed E-state index contributed by atoms with van der Waals surface area (Å²) in [5, 5.41) is 11.6. The van der Waals surface area contributed by atoms with Crippen molar-refractivity contribution < 1.29 is 24.3 Å². The van der Waals surface area contributed by atoms with E-state index in [1.807, 2.05) is 30.3 Å². The van der Waals surface area contributed by atoms with Crippen LogP contribution >= 0.6 is 0 Å². The molecule has 7 nitrogen and oxygen atoms in total. The highest BCUT2D eigenvalue weighted by molar-refractivity contribution is 5.90. The van der Waals surface area contributed by atoms with Crippen LogP contribution in [-0.4, -0.2) is 35.6 Å². The Morgan fingerprint density at radius 1 is 1.29 bits per heavy atom. The Labute approximate surface area is 140 Å². The Bertz CT molecular complexity index is 570. The first kappa shape index (κ1) is 18.1. The van der Waals surface area contributed by atoms with Crippen LogP contribution in [0.2, 0.25) is 0 Å². The van der Waals surface area contributed by atoms with E-state index in [-0.39, 0.29) is 12.8 Å². The highest BCUT2D eigenvalue weighted by Gasteiger charge is 2.29. The number of hydroxylamine groups is 1. The number of carbonyl (C=O) groups is 3. The van der Waals surface area contributed by atoms with Crippen LogP contribution in [0.25, 0.3) is 0 Å². The largest absolute Gasteiger partial charge is 0.392 e. The topological polar surface area (TPSA) is 105 Å². The zero-order valence-corrected chi connectivity index (χ0v) is 13.4. The Morgan fingerprint density at radius 2 is 2.04 bits per heavy atom. The highest BCUT2D eigenvalue weighted by Crippen LogP contribution is 2.17. The quantitative estimate of drug-likeness (QED) is 0.297. The maximum absolute atomic E-state index is 12.4. The van der Waals surface area contributed by atoms with Gasteiger partial charge in [0.2, 0.25) is 5.91 Å². The first-order chi connectivity index (χ1) is 11.6. The fraction of sp³-hybridized carbons (Fsp3) is 0.471. The SMILES string of the molecule is O=C(CCC(Cc1ccccc1)C(=O)OC(=O)[C@@H]1CCCN1)NO. The molecule has 1 aliphatic heterocycles. The molecule has 0 saturated carbocycles. The molecule has 24 heavy (non-hydrogen) atoms. The lowest BCUT2D eigenvalue weighted by molar-refractivity contribution is -0.164. The first-order valence-electron chi connectivity index (χ1n) is 8.06. The Hall–Kier alpha value is -2.25. The smallest absolute Gasteiger partial charge is 0.330 e. The number of rotatable bonds is 7. The van der Waals surface area contributed by atoms with E-state index in [1.54, 1.807) is 5.48 Å². The number of amides is 1. The number of hydrogen-bond donors (Lipinski definition) is 3. The van der Waals surface area contributed by atoms with Crippen molar-refractivity contribution in [3.05, 3.63) is 35.9 Å². The molecule has 1 saturated heterocycles. The number of hydrogen-bond acceptors (Lipinski definition) is 6. The number of esters is 2. The normalized spacial score (nSPS) is 18.0. The minimum atomic E-state index is -0.636. The summed E-state index contributed by atoms with van der Waals surface area (Å²) in [6.45, 7) is 0.734. The van der Waals surface area contributed by atoms with Gasteiger partial charge in [0.05, 0.1) is 5.92 Å². The van der Waals surface area contributed by atoms with Gasteiger partial charge in [-0.3, -0.25) is 14.8 Å². The molecule has 0 radical (unpaired) electrons. The van der Waals surface area contributed by atoms with Crippen molar-refractivity contribution in [3.8, 4) is 0 Å². The highest BCUT2D eigenvalue weighted by atomic mass is 16.6. The van der Waals surface area contributed by atoms with Gasteiger partial charge in [0.1, 0.15) is 6.04 Å². The van der Waals surface area contributed by atoms with Crippen LogP contribution in [0.3, 0.4) is 0 Å². The van der Waals surface area contributed by atoms with E-state index in [2.05, 4.69) is 5.32 Å². The van der Waals surface area contributed by atoms with Crippen molar-refractivity contribution in [2.45, 2.75) is 38.1 Å². The van der Waals surface area contributed by atoms with E-state index < -0.39 is 29.8 Å². The maximum atomic E-state index is 12.4. The van der Waals surface area contributed by atoms with Crippen LogP contribution in [0.15, 0.2) is 30.3 Å². The fourth-order valence-corrected chi connectivity index (χ4v) is 2.70. The molecule has 2 atom stereocenters. The third-order valence-electron chi connectivity index (χ3n) is 4.05. The van der Waals surface area contributed by atoms with E-state index in [4.69, 9.17) is 9.94 Å². The molecular formula is C17H22N2O5. The van der Waals surface area contributed by atoms with Gasteiger partial charge in [0, 0.05) is 6.42 Å². The Morgan fingerprint density at radius 3 is 2.67 bits per heavy atom. The van der Waals surface area contributed by atoms with E-state index in [1.165, 1.54) is 0 Å². The molecule has 7 heteroatoms. The molecule has 130 valence electrons. The monoisotopic (exact) mass is 334 g/mol. The summed E-state index contributed by atoms with van der Waals surface area (Å²) in [4.78, 5) is 35.6. The van der Waals surface area contributed by atoms with Crippen molar-refractivity contribution in [1.82, 2.24) is 10.8 Å². The molecule has 1 amide bonds. The maximum Gasteiger partial charge on any atom is 0.330 e. The van der Waals surface area contributed by atoms with E-state index >= 15 is 0 Å². The van der Waals surface area contributed by atoms with Crippen molar-refractivity contribution in [2.75, 3.05) is 6.54 Å². The van der Waals surface area contributed by atoms with Gasteiger partial charge in [-0.2, -0.15) is 0 Å². The van der Waals surface area contributed by atoms with Gasteiger partial charge in [-0.05, 0) is 37.8 Å². The van der Waals surface area contributed by atoms with E-state index in [0.29, 0.717) is 12.8 Å². The van der Waals surface area contributed by atoms with Crippen LogP contribution < -0.4 is 10.8 Å². The Kier molecular flexibility index (Phi) is 6.89. The van der Waals surface area contributed by atoms with Crippen LogP contribution in [0.1, 0.15) is 31.2 Å². The number of carbonyl (C=O) groups excluding carboxylic acids is 3. The first-order valence-corrected chi connectivity index (χ1v) is 8.06. The third-order valence-corrected chi connectivity index (χ3v) is 4.05. The lowest BCUT2D eigenvalue weighted by Crippen LogP contribution is -2.36. The molecule has 0 spiro atoms. The Balaban J connectivity index is 1.98. The predicted molar refractivity (Wildman–Crippen MR) is 84.9 cm³/mol. The van der Waals surface area contributed by atoms with Crippen molar-refractivity contribution in [1.29, 1.82) is 0 Å². The van der Waals surface area contributed by atoms with Gasteiger partial charge in [-0.25, -0.2) is 10.3 Å². The molecular weight excluding hydrogens is 312 g/mol. The molecule has 0 bridgehead atoms. The average Bonchev–Trinajstić information content (AvgIpc) is 3.13. The summed E-state index contributed by atoms with van der Waals surface area (Å²) >= 11 is 0. The third kappa shape index (κ3) is 5.43. The predicted octanol–water partition coefficient (Wildman–Crippen LogP) is 0.953. The summed E-state index contributed by atoms with van der Waals surface area (Å²) in [6.07, 6.45) is 2.05. The summed E-state index contributed by atoms with van der Waals surface area (Å²) in [5.41, 5.74) is 2.45. The summed E-state index contributed by atoms with van der Waals surface area (Å²) < 4.78 is 5.00. The zero-order chi connectivity index (χ0) is 17.4. The lowest BCUT2D eigenvalue weighted by atomic mass is 9.94. The second-order valence-electron chi connectivity index (χ2n) is 5.85. The molecule has 2 rings (SSSR count). The van der Waals surface area contributed by atoms with Gasteiger partial charge in [0.15, 0.2) is 0 Å². The summed E-state index contributed by atoms with van der Waals surface area (Å²) in [6, 6.07) is 8.87. The van der Waals surface area contributed by atoms with Gasteiger partial charge in [0.25, 0.3) is 0 Å². The lowest BCUT2D eigenvalue weighted by Gasteiger charge is -2.16. The van der Waals surface area contributed by atoms with Gasteiger partial charge < -0.3 is 10.1 Å². The average molecular weight is 334 g/mol. The van der Waals surface area contributed by atoms with Crippen molar-refractivity contribution in [2.24, 2.45) is 5.92 Å². The minimum absolute atomic E-state index is 0.0288. The van der Waals surface area contributed by atoms with Crippen LogP contribution in [0.5, 0.6) is 0 Å². The molecule has 1 aromatic rings. The molecule has 1 unspecified atom stereocenters. The molecule has 1 aromatic carbocycles. The van der Waals surface area contributed by atoms with Crippen LogP contribution in [0.4, 0.5) is 0 Å². The van der Waals surface area contributed by atoms with Gasteiger partial charge in [-0.1, -0.05) is 30.3 Å². The van der Waals surface area contributed by atoms with Gasteiger partial charge in [-0.15, -0.1) is 0 Å². The molecule has 1 fully saturated rings. The molecule has 1 heterocycles. The minimum Gasteiger partial charge on any atom is -0.392 e. The molecule has 3 N–H and O–H groups in total. The second-order valence-corrected chi connectivity index (χ2v) is 5.85. The van der Waals surface area contributed by atoms with E-state index in [0.717, 1.165) is 18.5 Å². The van der Waals surface area contributed by atoms with Crippen LogP contribution in [-0.2, 0) is 25.5 Å². The van der Waals surface area contributed by atoms with E-state index in [9.17, 15) is 14.4 Å². The standard InChI is InChI=1S/C17H22N2O5/c20-15(19-23)9-8-13(11-12-5-2-1-3-6-12)16(21)24-17(22)14-7-4-10-18-14/h1-3,5-6,13-14,18,23H,4,7-11H2,(H,19,20)/t13?,14-/m0/s1. The number of ether oxygens (including phenoxy) is 1. The molecule has 0 aliphatic carbocycles. The van der Waals surface area contributed by atoms with Crippen LogP contribution in [0, 0.1) is 5.92 Å². The molecule has 1 aliphatic rings. The van der Waals surface area contributed by atoms with Crippen molar-refractivity contribution in [3.63, 3.8) is 0 Å². The fourth-order valence-electron chi connectivity index (χ4n) is 2.70. The molecule has 0 aromatic heterocycles.